The second-order valence-electron chi connectivity index (χ2n) is 4.96. The van der Waals surface area contributed by atoms with Gasteiger partial charge in [-0.3, -0.25) is 0 Å². The van der Waals surface area contributed by atoms with E-state index in [4.69, 9.17) is 16.3 Å². The minimum absolute atomic E-state index is 0.322. The van der Waals surface area contributed by atoms with Crippen LogP contribution in [0.15, 0.2) is 42.6 Å². The van der Waals surface area contributed by atoms with Gasteiger partial charge in [0.25, 0.3) is 0 Å². The van der Waals surface area contributed by atoms with Gasteiger partial charge in [0.2, 0.25) is 0 Å². The van der Waals surface area contributed by atoms with Crippen molar-refractivity contribution in [2.45, 2.75) is 12.5 Å². The van der Waals surface area contributed by atoms with E-state index in [2.05, 4.69) is 32.7 Å². The minimum atomic E-state index is -0.558. The number of methoxy groups -OCH3 is 1. The van der Waals surface area contributed by atoms with E-state index in [0.29, 0.717) is 17.1 Å². The number of rotatable bonds is 4. The first-order valence-corrected chi connectivity index (χ1v) is 8.37. The fourth-order valence-electron chi connectivity index (χ4n) is 2.41. The quantitative estimate of drug-likeness (QED) is 0.352. The minimum Gasteiger partial charge on any atom is -0.467 e. The standard InChI is InChI=1S/C16H13ClIN3O2/c1-23-16(22)12(9-10-5-3-2-4-6-10)21-15(18)11-7-8-19-14(17)13(11)20-21/h2-8,12H,9H2,1H3. The summed E-state index contributed by atoms with van der Waals surface area (Å²) in [5.41, 5.74) is 1.61. The van der Waals surface area contributed by atoms with E-state index in [-0.39, 0.29) is 5.97 Å². The lowest BCUT2D eigenvalue weighted by atomic mass is 10.1. The highest BCUT2D eigenvalue weighted by Crippen LogP contribution is 2.28. The molecule has 0 bridgehead atoms. The lowest BCUT2D eigenvalue weighted by Crippen LogP contribution is -2.25. The molecule has 0 aliphatic rings. The number of carbonyl (C=O) groups is 1. The molecule has 1 atom stereocenters. The van der Waals surface area contributed by atoms with E-state index >= 15 is 0 Å². The summed E-state index contributed by atoms with van der Waals surface area (Å²) < 4.78 is 7.46. The zero-order chi connectivity index (χ0) is 16.4. The number of carbonyl (C=O) groups excluding carboxylic acids is 1. The fraction of sp³-hybridized carbons (Fsp3) is 0.188. The molecular weight excluding hydrogens is 429 g/mol. The molecule has 0 saturated carbocycles. The third-order valence-electron chi connectivity index (χ3n) is 3.55. The van der Waals surface area contributed by atoms with Gasteiger partial charge in [-0.05, 0) is 34.2 Å². The van der Waals surface area contributed by atoms with Gasteiger partial charge in [0.15, 0.2) is 11.2 Å². The first kappa shape index (κ1) is 16.2. The van der Waals surface area contributed by atoms with Crippen molar-refractivity contribution in [1.82, 2.24) is 14.8 Å². The SMILES string of the molecule is COC(=O)C(Cc1ccccc1)n1nc2c(Cl)nccc2c1I. The van der Waals surface area contributed by atoms with Crippen molar-refractivity contribution in [3.63, 3.8) is 0 Å². The average molecular weight is 442 g/mol. The monoisotopic (exact) mass is 441 g/mol. The van der Waals surface area contributed by atoms with Crippen LogP contribution in [0.5, 0.6) is 0 Å². The Morgan fingerprint density at radius 2 is 2.09 bits per heavy atom. The van der Waals surface area contributed by atoms with Crippen LogP contribution in [0.25, 0.3) is 10.9 Å². The number of nitrogens with zero attached hydrogens (tertiary/aromatic N) is 3. The highest BCUT2D eigenvalue weighted by molar-refractivity contribution is 14.1. The molecule has 1 aromatic carbocycles. The summed E-state index contributed by atoms with van der Waals surface area (Å²) in [6.45, 7) is 0. The Balaban J connectivity index is 2.08. The van der Waals surface area contributed by atoms with Crippen LogP contribution in [-0.2, 0) is 16.0 Å². The molecule has 118 valence electrons. The molecule has 0 N–H and O–H groups in total. The van der Waals surface area contributed by atoms with Crippen LogP contribution in [0, 0.1) is 3.70 Å². The molecule has 0 radical (unpaired) electrons. The van der Waals surface area contributed by atoms with Crippen LogP contribution in [0.2, 0.25) is 5.15 Å². The van der Waals surface area contributed by atoms with Crippen LogP contribution in [0.1, 0.15) is 11.6 Å². The Bertz CT molecular complexity index is 851. The zero-order valence-corrected chi connectivity index (χ0v) is 15.2. The molecule has 3 rings (SSSR count). The molecule has 2 heterocycles. The van der Waals surface area contributed by atoms with Crippen molar-refractivity contribution in [3.8, 4) is 0 Å². The maximum atomic E-state index is 12.3. The average Bonchev–Trinajstić information content (AvgIpc) is 2.91. The van der Waals surface area contributed by atoms with E-state index in [0.717, 1.165) is 14.7 Å². The van der Waals surface area contributed by atoms with Gasteiger partial charge < -0.3 is 4.74 Å². The normalized spacial score (nSPS) is 12.3. The predicted octanol–water partition coefficient (Wildman–Crippen LogP) is 3.65. The molecule has 0 saturated heterocycles. The van der Waals surface area contributed by atoms with Crippen molar-refractivity contribution in [3.05, 3.63) is 57.0 Å². The van der Waals surface area contributed by atoms with Gasteiger partial charge in [-0.1, -0.05) is 41.9 Å². The number of hydrogen-bond acceptors (Lipinski definition) is 4. The third-order valence-corrected chi connectivity index (χ3v) is 4.90. The van der Waals surface area contributed by atoms with E-state index in [9.17, 15) is 4.79 Å². The fourth-order valence-corrected chi connectivity index (χ4v) is 3.49. The maximum absolute atomic E-state index is 12.3. The van der Waals surface area contributed by atoms with E-state index in [1.165, 1.54) is 7.11 Å². The van der Waals surface area contributed by atoms with E-state index in [1.807, 2.05) is 36.4 Å². The molecule has 3 aromatic rings. The first-order chi connectivity index (χ1) is 11.1. The third kappa shape index (κ3) is 3.18. The summed E-state index contributed by atoms with van der Waals surface area (Å²) in [4.78, 5) is 16.3. The van der Waals surface area contributed by atoms with Gasteiger partial charge in [0, 0.05) is 18.0 Å². The first-order valence-electron chi connectivity index (χ1n) is 6.91. The van der Waals surface area contributed by atoms with Crippen LogP contribution >= 0.6 is 34.2 Å². The molecule has 2 aromatic heterocycles. The number of ether oxygens (including phenoxy) is 1. The van der Waals surface area contributed by atoms with E-state index < -0.39 is 6.04 Å². The molecule has 0 fully saturated rings. The van der Waals surface area contributed by atoms with Crippen molar-refractivity contribution in [2.75, 3.05) is 7.11 Å². The van der Waals surface area contributed by atoms with Gasteiger partial charge in [-0.15, -0.1) is 0 Å². The van der Waals surface area contributed by atoms with Crippen LogP contribution in [-0.4, -0.2) is 27.8 Å². The Labute approximate surface area is 151 Å². The van der Waals surface area contributed by atoms with Crippen LogP contribution in [0.4, 0.5) is 0 Å². The molecule has 0 aliphatic heterocycles. The van der Waals surface area contributed by atoms with Gasteiger partial charge >= 0.3 is 5.97 Å². The smallest absolute Gasteiger partial charge is 0.331 e. The Hall–Kier alpha value is -1.67. The van der Waals surface area contributed by atoms with Crippen molar-refractivity contribution in [1.29, 1.82) is 0 Å². The van der Waals surface area contributed by atoms with Crippen molar-refractivity contribution >= 4 is 51.1 Å². The number of hydrogen-bond donors (Lipinski definition) is 0. The topological polar surface area (TPSA) is 57.0 Å². The molecule has 23 heavy (non-hydrogen) atoms. The van der Waals surface area contributed by atoms with Gasteiger partial charge in [-0.2, -0.15) is 5.10 Å². The van der Waals surface area contributed by atoms with Gasteiger partial charge in [0.1, 0.15) is 9.22 Å². The Morgan fingerprint density at radius 1 is 1.35 bits per heavy atom. The summed E-state index contributed by atoms with van der Waals surface area (Å²) in [6.07, 6.45) is 2.12. The molecule has 0 aliphatic carbocycles. The largest absolute Gasteiger partial charge is 0.467 e. The number of aromatic nitrogens is 3. The number of benzene rings is 1. The summed E-state index contributed by atoms with van der Waals surface area (Å²) in [5.74, 6) is -0.344. The van der Waals surface area contributed by atoms with Crippen LogP contribution in [0.3, 0.4) is 0 Å². The lowest BCUT2D eigenvalue weighted by molar-refractivity contribution is -0.144. The summed E-state index contributed by atoms with van der Waals surface area (Å²) >= 11 is 8.28. The van der Waals surface area contributed by atoms with Crippen LogP contribution < -0.4 is 0 Å². The van der Waals surface area contributed by atoms with E-state index in [1.54, 1.807) is 10.9 Å². The molecular formula is C16H13ClIN3O2. The van der Waals surface area contributed by atoms with Gasteiger partial charge in [-0.25, -0.2) is 14.5 Å². The lowest BCUT2D eigenvalue weighted by Gasteiger charge is -2.16. The highest BCUT2D eigenvalue weighted by atomic mass is 127. The second-order valence-corrected chi connectivity index (χ2v) is 6.34. The number of pyridine rings is 1. The molecule has 0 spiro atoms. The molecule has 1 unspecified atom stereocenters. The second kappa shape index (κ2) is 6.84. The number of halogens is 2. The number of esters is 1. The summed E-state index contributed by atoms with van der Waals surface area (Å²) in [7, 11) is 1.38. The molecule has 0 amide bonds. The Morgan fingerprint density at radius 3 is 2.74 bits per heavy atom. The van der Waals surface area contributed by atoms with Crippen molar-refractivity contribution < 1.29 is 9.53 Å². The van der Waals surface area contributed by atoms with Gasteiger partial charge in [0.05, 0.1) is 7.11 Å². The zero-order valence-electron chi connectivity index (χ0n) is 12.2. The highest BCUT2D eigenvalue weighted by Gasteiger charge is 2.26. The summed E-state index contributed by atoms with van der Waals surface area (Å²) in [5, 5.41) is 5.68. The maximum Gasteiger partial charge on any atom is 0.331 e. The Kier molecular flexibility index (Phi) is 4.82. The molecule has 5 nitrogen and oxygen atoms in total. The molecule has 7 heteroatoms. The van der Waals surface area contributed by atoms with Crippen molar-refractivity contribution in [2.24, 2.45) is 0 Å². The number of fused-ring (bicyclic) bond motifs is 1. The predicted molar refractivity (Wildman–Crippen MR) is 96.5 cm³/mol. The summed E-state index contributed by atoms with van der Waals surface area (Å²) in [6, 6.07) is 11.0.